The number of nitrogens with one attached hydrogen (secondary N) is 1. The maximum absolute atomic E-state index is 12.6. The Morgan fingerprint density at radius 2 is 1.88 bits per heavy atom. The molecule has 0 bridgehead atoms. The van der Waals surface area contributed by atoms with Crippen LogP contribution in [0.25, 0.3) is 11.3 Å². The lowest BCUT2D eigenvalue weighted by molar-refractivity contribution is -0.115. The van der Waals surface area contributed by atoms with Crippen LogP contribution in [0, 0.1) is 0 Å². The van der Waals surface area contributed by atoms with E-state index < -0.39 is 0 Å². The Morgan fingerprint density at radius 1 is 1.19 bits per heavy atom. The molecule has 134 valence electrons. The lowest BCUT2D eigenvalue weighted by Gasteiger charge is -2.12. The maximum Gasteiger partial charge on any atom is 0.239 e. The monoisotopic (exact) mass is 386 g/mol. The molecule has 7 nitrogen and oxygen atoms in total. The van der Waals surface area contributed by atoms with Gasteiger partial charge in [0.2, 0.25) is 5.91 Å². The predicted octanol–water partition coefficient (Wildman–Crippen LogP) is 3.27. The van der Waals surface area contributed by atoms with Crippen molar-refractivity contribution in [2.75, 3.05) is 16.8 Å². The van der Waals surface area contributed by atoms with Gasteiger partial charge >= 0.3 is 0 Å². The summed E-state index contributed by atoms with van der Waals surface area (Å²) in [6.07, 6.45) is 0.603. The Labute approximate surface area is 159 Å². The largest absolute Gasteiger partial charge is 0.383 e. The molecule has 3 aromatic rings. The second-order valence-corrected chi connectivity index (χ2v) is 7.44. The molecule has 0 spiro atoms. The molecule has 0 unspecified atom stereocenters. The van der Waals surface area contributed by atoms with Gasteiger partial charge in [-0.25, -0.2) is 15.0 Å². The zero-order chi connectivity index (χ0) is 18.5. The summed E-state index contributed by atoms with van der Waals surface area (Å²) in [7, 11) is 0. The summed E-state index contributed by atoms with van der Waals surface area (Å²) in [5.41, 5.74) is 13.2. The summed E-state index contributed by atoms with van der Waals surface area (Å²) in [4.78, 5) is 25.3. The van der Waals surface area contributed by atoms with Crippen molar-refractivity contribution in [2.24, 2.45) is 0 Å². The first-order valence-electron chi connectivity index (χ1n) is 7.93. The second kappa shape index (κ2) is 8.15. The average Bonchev–Trinajstić information content (AvgIpc) is 3.08. The van der Waals surface area contributed by atoms with Gasteiger partial charge in [-0.05, 0) is 6.42 Å². The molecule has 5 N–H and O–H groups in total. The third-order valence-corrected chi connectivity index (χ3v) is 5.44. The van der Waals surface area contributed by atoms with Crippen LogP contribution in [0.4, 0.5) is 16.8 Å². The first-order chi connectivity index (χ1) is 12.5. The third kappa shape index (κ3) is 4.50. The highest BCUT2D eigenvalue weighted by Gasteiger charge is 2.21. The summed E-state index contributed by atoms with van der Waals surface area (Å²) in [6, 6.07) is 11.3. The van der Waals surface area contributed by atoms with Crippen LogP contribution in [0.15, 0.2) is 46.9 Å². The number of rotatable bonds is 6. The van der Waals surface area contributed by atoms with E-state index in [4.69, 9.17) is 11.5 Å². The molecular weight excluding hydrogens is 368 g/mol. The molecule has 1 atom stereocenters. The highest BCUT2D eigenvalue weighted by atomic mass is 32.2. The number of aromatic nitrogens is 3. The fraction of sp³-hybridized carbons (Fsp3) is 0.176. The second-order valence-electron chi connectivity index (χ2n) is 5.41. The van der Waals surface area contributed by atoms with Gasteiger partial charge in [-0.15, -0.1) is 11.3 Å². The first-order valence-corrected chi connectivity index (χ1v) is 9.69. The highest BCUT2D eigenvalue weighted by Crippen LogP contribution is 2.28. The Hall–Kier alpha value is -2.65. The Balaban J connectivity index is 1.69. The minimum atomic E-state index is -0.375. The quantitative estimate of drug-likeness (QED) is 0.439. The van der Waals surface area contributed by atoms with Crippen molar-refractivity contribution in [3.8, 4) is 11.3 Å². The van der Waals surface area contributed by atoms with Gasteiger partial charge < -0.3 is 16.8 Å². The van der Waals surface area contributed by atoms with E-state index in [1.165, 1.54) is 29.2 Å². The van der Waals surface area contributed by atoms with Crippen molar-refractivity contribution in [3.05, 3.63) is 41.8 Å². The molecule has 1 aromatic carbocycles. The molecule has 0 radical (unpaired) electrons. The summed E-state index contributed by atoms with van der Waals surface area (Å²) >= 11 is 2.62. The van der Waals surface area contributed by atoms with Crippen molar-refractivity contribution in [1.29, 1.82) is 0 Å². The van der Waals surface area contributed by atoms with E-state index in [2.05, 4.69) is 20.3 Å². The molecule has 0 aliphatic carbocycles. The average molecular weight is 387 g/mol. The van der Waals surface area contributed by atoms with E-state index in [-0.39, 0.29) is 22.8 Å². The fourth-order valence-corrected chi connectivity index (χ4v) is 3.85. The minimum absolute atomic E-state index is 0.156. The molecule has 0 saturated heterocycles. The van der Waals surface area contributed by atoms with Gasteiger partial charge in [0.1, 0.15) is 11.6 Å². The van der Waals surface area contributed by atoms with E-state index in [0.717, 1.165) is 11.3 Å². The first kappa shape index (κ1) is 18.2. The van der Waals surface area contributed by atoms with Gasteiger partial charge in [0.15, 0.2) is 10.3 Å². The topological polar surface area (TPSA) is 120 Å². The summed E-state index contributed by atoms with van der Waals surface area (Å²) in [5, 5.41) is 5.34. The van der Waals surface area contributed by atoms with Crippen molar-refractivity contribution in [1.82, 2.24) is 15.0 Å². The summed E-state index contributed by atoms with van der Waals surface area (Å²) in [6.45, 7) is 1.92. The van der Waals surface area contributed by atoms with Crippen LogP contribution < -0.4 is 16.8 Å². The van der Waals surface area contributed by atoms with Gasteiger partial charge in [0, 0.05) is 17.0 Å². The number of thiazole rings is 1. The predicted molar refractivity (Wildman–Crippen MR) is 107 cm³/mol. The SMILES string of the molecule is CC[C@@H](Sc1nc(N)cc(N)n1)C(=O)Nc1nc(-c2ccccc2)cs1. The van der Waals surface area contributed by atoms with Gasteiger partial charge in [0.25, 0.3) is 0 Å². The number of benzene rings is 1. The van der Waals surface area contributed by atoms with E-state index in [1.807, 2.05) is 42.6 Å². The van der Waals surface area contributed by atoms with E-state index in [1.54, 1.807) is 0 Å². The van der Waals surface area contributed by atoms with Gasteiger partial charge in [-0.3, -0.25) is 4.79 Å². The number of hydrogen-bond donors (Lipinski definition) is 3. The molecule has 0 aliphatic rings. The van der Waals surface area contributed by atoms with Crippen molar-refractivity contribution in [3.63, 3.8) is 0 Å². The number of hydrogen-bond acceptors (Lipinski definition) is 8. The number of carbonyl (C=O) groups is 1. The van der Waals surface area contributed by atoms with Crippen LogP contribution in [-0.4, -0.2) is 26.1 Å². The smallest absolute Gasteiger partial charge is 0.239 e. The molecule has 3 rings (SSSR count). The fourth-order valence-electron chi connectivity index (χ4n) is 2.22. The molecule has 0 saturated carbocycles. The number of nitrogens with two attached hydrogens (primary N) is 2. The van der Waals surface area contributed by atoms with Crippen LogP contribution in [0.2, 0.25) is 0 Å². The van der Waals surface area contributed by atoms with Crippen molar-refractivity contribution < 1.29 is 4.79 Å². The molecule has 0 fully saturated rings. The van der Waals surface area contributed by atoms with Crippen molar-refractivity contribution >= 4 is 45.8 Å². The molecular formula is C17H18N6OS2. The zero-order valence-corrected chi connectivity index (χ0v) is 15.7. The number of amides is 1. The van der Waals surface area contributed by atoms with Gasteiger partial charge in [0.05, 0.1) is 10.9 Å². The normalized spacial score (nSPS) is 11.9. The number of thioether (sulfide) groups is 1. The molecule has 9 heteroatoms. The zero-order valence-electron chi connectivity index (χ0n) is 14.0. The molecule has 26 heavy (non-hydrogen) atoms. The van der Waals surface area contributed by atoms with Crippen LogP contribution in [-0.2, 0) is 4.79 Å². The van der Waals surface area contributed by atoms with E-state index in [9.17, 15) is 4.79 Å². The third-order valence-electron chi connectivity index (χ3n) is 3.46. The number of carbonyl (C=O) groups excluding carboxylic acids is 1. The van der Waals surface area contributed by atoms with Crippen LogP contribution in [0.1, 0.15) is 13.3 Å². The number of anilines is 3. The Kier molecular flexibility index (Phi) is 5.69. The Morgan fingerprint density at radius 3 is 2.54 bits per heavy atom. The number of nitrogens with zero attached hydrogens (tertiary/aromatic N) is 3. The lowest BCUT2D eigenvalue weighted by atomic mass is 10.2. The lowest BCUT2D eigenvalue weighted by Crippen LogP contribution is -2.24. The van der Waals surface area contributed by atoms with Crippen LogP contribution in [0.5, 0.6) is 0 Å². The standard InChI is InChI=1S/C17H18N6OS2/c1-2-12(26-17-21-13(18)8-14(19)22-17)15(24)23-16-20-11(9-25-16)10-6-4-3-5-7-10/h3-9,12H,2H2,1H3,(H,20,23,24)(H4,18,19,21,22)/t12-/m1/s1. The minimum Gasteiger partial charge on any atom is -0.383 e. The molecule has 0 aliphatic heterocycles. The number of nitrogen functional groups attached to an aromatic ring is 2. The summed E-state index contributed by atoms with van der Waals surface area (Å²) < 4.78 is 0. The van der Waals surface area contributed by atoms with Gasteiger partial charge in [-0.2, -0.15) is 0 Å². The van der Waals surface area contributed by atoms with E-state index in [0.29, 0.717) is 16.7 Å². The van der Waals surface area contributed by atoms with E-state index >= 15 is 0 Å². The maximum atomic E-state index is 12.6. The summed E-state index contributed by atoms with van der Waals surface area (Å²) in [5.74, 6) is 0.404. The Bertz CT molecular complexity index is 879. The molecule has 2 aromatic heterocycles. The molecule has 2 heterocycles. The van der Waals surface area contributed by atoms with Crippen molar-refractivity contribution in [2.45, 2.75) is 23.8 Å². The van der Waals surface area contributed by atoms with Crippen LogP contribution >= 0.6 is 23.1 Å². The van der Waals surface area contributed by atoms with Gasteiger partial charge in [-0.1, -0.05) is 49.0 Å². The highest BCUT2D eigenvalue weighted by molar-refractivity contribution is 8.00. The molecule has 1 amide bonds. The van der Waals surface area contributed by atoms with Crippen LogP contribution in [0.3, 0.4) is 0 Å².